The van der Waals surface area contributed by atoms with Crippen molar-refractivity contribution in [2.75, 3.05) is 6.54 Å². The second-order valence-corrected chi connectivity index (χ2v) is 16.7. The Morgan fingerprint density at radius 2 is 1.62 bits per heavy atom. The summed E-state index contributed by atoms with van der Waals surface area (Å²) >= 11 is 1.54. The van der Waals surface area contributed by atoms with Crippen LogP contribution in [-0.2, 0) is 10.2 Å². The van der Waals surface area contributed by atoms with Gasteiger partial charge in [0.05, 0.1) is 6.04 Å². The molecule has 4 aliphatic rings. The summed E-state index contributed by atoms with van der Waals surface area (Å²) in [6.07, 6.45) is 15.9. The number of hydrogen-bond acceptors (Lipinski definition) is 7. The van der Waals surface area contributed by atoms with E-state index in [1.165, 1.54) is 55.4 Å². The van der Waals surface area contributed by atoms with Gasteiger partial charge in [0.1, 0.15) is 18.0 Å². The Bertz CT molecular complexity index is 1680. The van der Waals surface area contributed by atoms with E-state index in [1.54, 1.807) is 4.90 Å². The lowest BCUT2D eigenvalue weighted by Crippen LogP contribution is -2.54. The normalized spacial score (nSPS) is 27.2. The van der Waals surface area contributed by atoms with Crippen LogP contribution in [0.25, 0.3) is 22.5 Å². The van der Waals surface area contributed by atoms with E-state index in [1.807, 2.05) is 48.8 Å². The summed E-state index contributed by atoms with van der Waals surface area (Å²) in [4.78, 5) is 27.0. The molecule has 3 aromatic rings. The van der Waals surface area contributed by atoms with Crippen molar-refractivity contribution >= 4 is 28.4 Å². The Hall–Kier alpha value is -3.33. The van der Waals surface area contributed by atoms with E-state index in [0.717, 1.165) is 63.5 Å². The zero-order valence-corrected chi connectivity index (χ0v) is 29.6. The molecule has 3 N–H and O–H groups in total. The van der Waals surface area contributed by atoms with Gasteiger partial charge in [-0.2, -0.15) is 0 Å². The Kier molecular flexibility index (Phi) is 9.35. The monoisotopic (exact) mass is 666 g/mol. The highest BCUT2D eigenvalue weighted by atomic mass is 32.1. The highest BCUT2D eigenvalue weighted by molar-refractivity contribution is 7.12. The van der Waals surface area contributed by atoms with Gasteiger partial charge in [0.15, 0.2) is 5.82 Å². The summed E-state index contributed by atoms with van der Waals surface area (Å²) in [7, 11) is 0. The predicted molar refractivity (Wildman–Crippen MR) is 193 cm³/mol. The number of rotatable bonds is 7. The van der Waals surface area contributed by atoms with Gasteiger partial charge in [-0.05, 0) is 91.4 Å². The molecule has 48 heavy (non-hydrogen) atoms. The maximum Gasteiger partial charge on any atom is 0.245 e. The molecule has 1 saturated carbocycles. The molecular weight excluding hydrogens is 617 g/mol. The summed E-state index contributed by atoms with van der Waals surface area (Å²) in [5.74, 6) is 3.34. The molecule has 4 heterocycles. The van der Waals surface area contributed by atoms with E-state index >= 15 is 0 Å². The van der Waals surface area contributed by atoms with Gasteiger partial charge in [-0.3, -0.25) is 10.1 Å². The van der Waals surface area contributed by atoms with Crippen LogP contribution in [0.5, 0.6) is 0 Å². The van der Waals surface area contributed by atoms with Crippen molar-refractivity contribution in [3.05, 3.63) is 81.5 Å². The zero-order valence-electron chi connectivity index (χ0n) is 28.8. The lowest BCUT2D eigenvalue weighted by Gasteiger charge is -2.37. The van der Waals surface area contributed by atoms with Gasteiger partial charge in [-0.1, -0.05) is 70.9 Å². The first-order valence-electron chi connectivity index (χ1n) is 18.0. The van der Waals surface area contributed by atoms with Crippen molar-refractivity contribution < 1.29 is 15.0 Å². The molecule has 1 saturated heterocycles. The van der Waals surface area contributed by atoms with Crippen molar-refractivity contribution in [3.8, 4) is 11.4 Å². The minimum Gasteiger partial charge on any atom is -0.510 e. The predicted octanol–water partition coefficient (Wildman–Crippen LogP) is 8.44. The fourth-order valence-corrected chi connectivity index (χ4v) is 9.30. The second-order valence-electron chi connectivity index (χ2n) is 15.6. The smallest absolute Gasteiger partial charge is 0.245 e. The van der Waals surface area contributed by atoms with Gasteiger partial charge in [0.2, 0.25) is 5.91 Å². The minimum absolute atomic E-state index is 0.0365. The maximum atomic E-state index is 13.8. The number of amides is 1. The lowest BCUT2D eigenvalue weighted by atomic mass is 9.71. The largest absolute Gasteiger partial charge is 0.510 e. The molecule has 0 spiro atoms. The molecule has 8 heteroatoms. The van der Waals surface area contributed by atoms with E-state index in [0.29, 0.717) is 17.9 Å². The average molecular weight is 667 g/mol. The third-order valence-electron chi connectivity index (χ3n) is 11.3. The molecule has 2 aliphatic carbocycles. The lowest BCUT2D eigenvalue weighted by molar-refractivity contribution is -0.134. The summed E-state index contributed by atoms with van der Waals surface area (Å²) in [6.45, 7) is 9.42. The van der Waals surface area contributed by atoms with Crippen LogP contribution in [0.2, 0.25) is 0 Å². The highest BCUT2D eigenvalue weighted by Gasteiger charge is 2.45. The van der Waals surface area contributed by atoms with Crippen LogP contribution < -0.4 is 5.32 Å². The summed E-state index contributed by atoms with van der Waals surface area (Å²) in [5, 5.41) is 26.0. The fraction of sp³-hybridized carbons (Fsp3) is 0.525. The van der Waals surface area contributed by atoms with Crippen LogP contribution in [0.15, 0.2) is 60.6 Å². The molecule has 0 radical (unpaired) electrons. The number of thiophene rings is 1. The number of aliphatic hydroxyl groups excluding tert-OH is 2. The zero-order chi connectivity index (χ0) is 33.6. The Balaban J connectivity index is 1.08. The third kappa shape index (κ3) is 6.64. The maximum absolute atomic E-state index is 13.8. The van der Waals surface area contributed by atoms with E-state index in [4.69, 9.17) is 9.97 Å². The number of carbonyl (C=O) groups excluding carboxylic acids is 1. The van der Waals surface area contributed by atoms with E-state index < -0.39 is 12.3 Å². The molecule has 1 amide bonds. The molecule has 7 nitrogen and oxygen atoms in total. The molecule has 2 aromatic heterocycles. The SMILES string of the molecule is CC(C)(C)c1ccc(C(O)N[C@@H]2C(=O)N3CCC[C@H]3C(O)=C2c2ccc(-c3ncc(C4=CCC([C@H]5CC[C@H](C)CC5)CC4)cn3)cc2)s1. The summed E-state index contributed by atoms with van der Waals surface area (Å²) in [5.41, 5.74) is 4.58. The number of allylic oxidation sites excluding steroid dienone is 2. The third-order valence-corrected chi connectivity index (χ3v) is 12.8. The minimum atomic E-state index is -1.05. The topological polar surface area (TPSA) is 98.6 Å². The standard InChI is InChI=1S/C40H50N4O3S/c1-24-7-9-25(10-8-24)26-11-13-27(14-12-26)30-22-41-37(42-23-30)29-17-15-28(16-18-29)34-35(39(47)44-21-5-6-31(44)36(34)45)43-38(46)32-19-20-33(48-32)40(2,3)4/h13,15-20,22-26,31,35,38,43,45-46H,5-12,14,21H2,1-4H3/t24-,25-,26?,31-,35-,38?/m0/s1. The van der Waals surface area contributed by atoms with Gasteiger partial charge >= 0.3 is 0 Å². The number of nitrogens with one attached hydrogen (secondary N) is 1. The Morgan fingerprint density at radius 3 is 2.27 bits per heavy atom. The molecular formula is C40H50N4O3S. The van der Waals surface area contributed by atoms with Crippen LogP contribution in [-0.4, -0.2) is 49.6 Å². The Labute approximate surface area is 289 Å². The molecule has 2 aliphatic heterocycles. The van der Waals surface area contributed by atoms with Crippen LogP contribution in [0, 0.1) is 17.8 Å². The van der Waals surface area contributed by atoms with Crippen molar-refractivity contribution in [2.45, 2.75) is 109 Å². The molecule has 7 rings (SSSR count). The number of carbonyl (C=O) groups is 1. The number of aromatic nitrogens is 2. The van der Waals surface area contributed by atoms with Gasteiger partial charge < -0.3 is 15.1 Å². The van der Waals surface area contributed by atoms with E-state index in [9.17, 15) is 15.0 Å². The Morgan fingerprint density at radius 1 is 0.917 bits per heavy atom. The van der Waals surface area contributed by atoms with Crippen molar-refractivity contribution in [2.24, 2.45) is 17.8 Å². The summed E-state index contributed by atoms with van der Waals surface area (Å²) in [6, 6.07) is 10.5. The molecule has 254 valence electrons. The molecule has 4 atom stereocenters. The number of fused-ring (bicyclic) bond motifs is 1. The number of hydrogen-bond donors (Lipinski definition) is 3. The molecule has 1 aromatic carbocycles. The van der Waals surface area contributed by atoms with Gasteiger partial charge in [-0.25, -0.2) is 9.97 Å². The van der Waals surface area contributed by atoms with E-state index in [-0.39, 0.29) is 23.1 Å². The van der Waals surface area contributed by atoms with Crippen LogP contribution in [0.3, 0.4) is 0 Å². The number of nitrogens with zero attached hydrogens (tertiary/aromatic N) is 3. The van der Waals surface area contributed by atoms with Crippen LogP contribution in [0.1, 0.15) is 113 Å². The number of benzene rings is 1. The quantitative estimate of drug-likeness (QED) is 0.219. The molecule has 2 unspecified atom stereocenters. The second kappa shape index (κ2) is 13.5. The molecule has 0 bridgehead atoms. The first-order chi connectivity index (χ1) is 23.1. The van der Waals surface area contributed by atoms with E-state index in [2.05, 4.69) is 39.1 Å². The molecule has 2 fully saturated rings. The van der Waals surface area contributed by atoms with Crippen molar-refractivity contribution in [3.63, 3.8) is 0 Å². The first-order valence-corrected chi connectivity index (χ1v) is 18.8. The van der Waals surface area contributed by atoms with Crippen molar-refractivity contribution in [1.82, 2.24) is 20.2 Å². The van der Waals surface area contributed by atoms with Gasteiger partial charge in [0.25, 0.3) is 0 Å². The average Bonchev–Trinajstić information content (AvgIpc) is 3.80. The highest BCUT2D eigenvalue weighted by Crippen LogP contribution is 2.42. The van der Waals surface area contributed by atoms with Crippen LogP contribution >= 0.6 is 11.3 Å². The van der Waals surface area contributed by atoms with Gasteiger partial charge in [-0.15, -0.1) is 11.3 Å². The van der Waals surface area contributed by atoms with Gasteiger partial charge in [0, 0.05) is 45.4 Å². The first kappa shape index (κ1) is 33.2. The fourth-order valence-electron chi connectivity index (χ4n) is 8.29. The number of aliphatic hydroxyl groups is 2. The summed E-state index contributed by atoms with van der Waals surface area (Å²) < 4.78 is 0. The van der Waals surface area contributed by atoms with Crippen LogP contribution in [0.4, 0.5) is 0 Å². The van der Waals surface area contributed by atoms with Crippen molar-refractivity contribution in [1.29, 1.82) is 0 Å².